The van der Waals surface area contributed by atoms with Gasteiger partial charge >= 0.3 is 0 Å². The van der Waals surface area contributed by atoms with Crippen LogP contribution in [0.25, 0.3) is 10.2 Å². The van der Waals surface area contributed by atoms with E-state index in [9.17, 15) is 4.79 Å². The number of ether oxygens (including phenoxy) is 1. The van der Waals surface area contributed by atoms with Crippen LogP contribution in [0.2, 0.25) is 0 Å². The van der Waals surface area contributed by atoms with E-state index < -0.39 is 6.10 Å². The van der Waals surface area contributed by atoms with Crippen LogP contribution < -0.4 is 10.1 Å². The van der Waals surface area contributed by atoms with Gasteiger partial charge in [0, 0.05) is 10.9 Å². The number of para-hydroxylation sites is 1. The molecular formula is C16H11BrN2O2S. The molecule has 0 spiro atoms. The Hall–Kier alpha value is -1.92. The third-order valence-electron chi connectivity index (χ3n) is 3.52. The van der Waals surface area contributed by atoms with Gasteiger partial charge in [-0.1, -0.05) is 45.5 Å². The quantitative estimate of drug-likeness (QED) is 0.737. The van der Waals surface area contributed by atoms with Crippen molar-refractivity contribution in [2.45, 2.75) is 12.5 Å². The second kappa shape index (κ2) is 5.37. The van der Waals surface area contributed by atoms with Gasteiger partial charge in [0.1, 0.15) is 5.75 Å². The Kier molecular flexibility index (Phi) is 3.35. The highest BCUT2D eigenvalue weighted by Crippen LogP contribution is 2.31. The van der Waals surface area contributed by atoms with Crippen LogP contribution in [-0.2, 0) is 11.2 Å². The minimum absolute atomic E-state index is 0.158. The number of halogens is 1. The second-order valence-electron chi connectivity index (χ2n) is 5.04. The van der Waals surface area contributed by atoms with Gasteiger partial charge in [0.25, 0.3) is 5.91 Å². The van der Waals surface area contributed by atoms with Crippen LogP contribution in [0, 0.1) is 0 Å². The van der Waals surface area contributed by atoms with Crippen molar-refractivity contribution < 1.29 is 9.53 Å². The Morgan fingerprint density at radius 3 is 3.05 bits per heavy atom. The smallest absolute Gasteiger partial charge is 0.267 e. The van der Waals surface area contributed by atoms with Gasteiger partial charge in [-0.3, -0.25) is 10.1 Å². The lowest BCUT2D eigenvalue weighted by atomic mass is 10.1. The van der Waals surface area contributed by atoms with Crippen molar-refractivity contribution in [3.63, 3.8) is 0 Å². The molecule has 1 atom stereocenters. The van der Waals surface area contributed by atoms with Crippen molar-refractivity contribution >= 4 is 48.5 Å². The Balaban J connectivity index is 1.52. The molecule has 0 radical (unpaired) electrons. The van der Waals surface area contributed by atoms with Gasteiger partial charge in [0.2, 0.25) is 0 Å². The van der Waals surface area contributed by atoms with E-state index in [0.29, 0.717) is 11.6 Å². The molecule has 22 heavy (non-hydrogen) atoms. The minimum atomic E-state index is -0.490. The maximum absolute atomic E-state index is 12.3. The van der Waals surface area contributed by atoms with Crippen LogP contribution in [0.15, 0.2) is 46.9 Å². The number of aromatic nitrogens is 1. The molecule has 2 aromatic carbocycles. The van der Waals surface area contributed by atoms with Crippen LogP contribution in [-0.4, -0.2) is 17.0 Å². The average molecular weight is 375 g/mol. The highest BCUT2D eigenvalue weighted by Gasteiger charge is 2.29. The number of benzene rings is 2. The molecule has 1 N–H and O–H groups in total. The number of carbonyl (C=O) groups is 1. The maximum Gasteiger partial charge on any atom is 0.267 e. The van der Waals surface area contributed by atoms with E-state index in [-0.39, 0.29) is 5.91 Å². The van der Waals surface area contributed by atoms with E-state index in [0.717, 1.165) is 26.0 Å². The van der Waals surface area contributed by atoms with Gasteiger partial charge in [0.15, 0.2) is 11.2 Å². The molecule has 0 saturated carbocycles. The van der Waals surface area contributed by atoms with E-state index in [1.165, 1.54) is 11.3 Å². The average Bonchev–Trinajstić information content (AvgIpc) is 3.09. The lowest BCUT2D eigenvalue weighted by Gasteiger charge is -2.09. The van der Waals surface area contributed by atoms with E-state index in [4.69, 9.17) is 4.74 Å². The summed E-state index contributed by atoms with van der Waals surface area (Å²) < 4.78 is 7.72. The van der Waals surface area contributed by atoms with Gasteiger partial charge in [-0.15, -0.1) is 0 Å². The molecule has 0 bridgehead atoms. The molecule has 3 aromatic rings. The van der Waals surface area contributed by atoms with Crippen LogP contribution in [0.5, 0.6) is 5.75 Å². The Bertz CT molecular complexity index is 852. The third kappa shape index (κ3) is 2.48. The van der Waals surface area contributed by atoms with Crippen molar-refractivity contribution in [3.05, 3.63) is 52.5 Å². The highest BCUT2D eigenvalue weighted by molar-refractivity contribution is 9.10. The highest BCUT2D eigenvalue weighted by atomic mass is 79.9. The van der Waals surface area contributed by atoms with Crippen molar-refractivity contribution in [3.8, 4) is 5.75 Å². The first-order chi connectivity index (χ1) is 10.7. The molecule has 6 heteroatoms. The largest absolute Gasteiger partial charge is 0.480 e. The normalized spacial score (nSPS) is 16.3. The number of amides is 1. The molecule has 0 aliphatic carbocycles. The van der Waals surface area contributed by atoms with E-state index in [1.807, 2.05) is 42.5 Å². The molecule has 110 valence electrons. The third-order valence-corrected chi connectivity index (χ3v) is 4.95. The van der Waals surface area contributed by atoms with Crippen LogP contribution in [0.1, 0.15) is 5.56 Å². The summed E-state index contributed by atoms with van der Waals surface area (Å²) in [5.74, 6) is 0.630. The topological polar surface area (TPSA) is 51.2 Å². The number of nitrogens with zero attached hydrogens (tertiary/aromatic N) is 1. The lowest BCUT2D eigenvalue weighted by Crippen LogP contribution is -2.31. The zero-order valence-electron chi connectivity index (χ0n) is 11.4. The zero-order valence-corrected chi connectivity index (χ0v) is 13.8. The standard InChI is InChI=1S/C16H11BrN2O2S/c17-10-5-6-11-14(8-10)22-16(18-11)19-15(20)13-7-9-3-1-2-4-12(9)21-13/h1-6,8,13H,7H2,(H,18,19,20). The first kappa shape index (κ1) is 13.7. The van der Waals surface area contributed by atoms with Gasteiger partial charge in [-0.05, 0) is 29.8 Å². The first-order valence-corrected chi connectivity index (χ1v) is 8.41. The molecule has 1 aliphatic rings. The van der Waals surface area contributed by atoms with Crippen molar-refractivity contribution in [2.24, 2.45) is 0 Å². The molecule has 0 saturated heterocycles. The number of carbonyl (C=O) groups excluding carboxylic acids is 1. The summed E-state index contributed by atoms with van der Waals surface area (Å²) in [5.41, 5.74) is 1.94. The van der Waals surface area contributed by atoms with Gasteiger partial charge in [-0.2, -0.15) is 0 Å². The van der Waals surface area contributed by atoms with Crippen molar-refractivity contribution in [1.29, 1.82) is 0 Å². The molecule has 2 heterocycles. The molecule has 1 unspecified atom stereocenters. The van der Waals surface area contributed by atoms with Gasteiger partial charge in [-0.25, -0.2) is 4.98 Å². The number of nitrogens with one attached hydrogen (secondary N) is 1. The summed E-state index contributed by atoms with van der Waals surface area (Å²) in [7, 11) is 0. The summed E-state index contributed by atoms with van der Waals surface area (Å²) in [5, 5.41) is 3.45. The van der Waals surface area contributed by atoms with Crippen LogP contribution in [0.3, 0.4) is 0 Å². The maximum atomic E-state index is 12.3. The SMILES string of the molecule is O=C(Nc1nc2ccc(Br)cc2s1)C1Cc2ccccc2O1. The molecule has 4 nitrogen and oxygen atoms in total. The van der Waals surface area contributed by atoms with E-state index in [2.05, 4.69) is 26.2 Å². The Morgan fingerprint density at radius 1 is 1.32 bits per heavy atom. The number of anilines is 1. The van der Waals surface area contributed by atoms with Crippen LogP contribution >= 0.6 is 27.3 Å². The molecule has 1 amide bonds. The predicted octanol–water partition coefficient (Wildman–Crippen LogP) is 4.00. The molecule has 0 fully saturated rings. The molecule has 1 aromatic heterocycles. The van der Waals surface area contributed by atoms with E-state index in [1.54, 1.807) is 0 Å². The number of hydrogen-bond donors (Lipinski definition) is 1. The van der Waals surface area contributed by atoms with Gasteiger partial charge in [0.05, 0.1) is 10.2 Å². The predicted molar refractivity (Wildman–Crippen MR) is 90.5 cm³/mol. The number of rotatable bonds is 2. The fourth-order valence-corrected chi connectivity index (χ4v) is 3.89. The fraction of sp³-hybridized carbons (Fsp3) is 0.125. The monoisotopic (exact) mass is 374 g/mol. The van der Waals surface area contributed by atoms with E-state index >= 15 is 0 Å². The lowest BCUT2D eigenvalue weighted by molar-refractivity contribution is -0.122. The Labute approximate surface area is 139 Å². The van der Waals surface area contributed by atoms with Crippen LogP contribution in [0.4, 0.5) is 5.13 Å². The summed E-state index contributed by atoms with van der Waals surface area (Å²) in [6.45, 7) is 0. The molecule has 4 rings (SSSR count). The van der Waals surface area contributed by atoms with Gasteiger partial charge < -0.3 is 4.74 Å². The summed E-state index contributed by atoms with van der Waals surface area (Å²) in [6, 6.07) is 13.6. The molecular weight excluding hydrogens is 364 g/mol. The number of hydrogen-bond acceptors (Lipinski definition) is 4. The fourth-order valence-electron chi connectivity index (χ4n) is 2.47. The minimum Gasteiger partial charge on any atom is -0.480 e. The van der Waals surface area contributed by atoms with Crippen molar-refractivity contribution in [1.82, 2.24) is 4.98 Å². The Morgan fingerprint density at radius 2 is 2.18 bits per heavy atom. The molecule has 1 aliphatic heterocycles. The summed E-state index contributed by atoms with van der Waals surface area (Å²) in [6.07, 6.45) is 0.106. The number of fused-ring (bicyclic) bond motifs is 2. The number of thiazole rings is 1. The summed E-state index contributed by atoms with van der Waals surface area (Å²) in [4.78, 5) is 16.8. The zero-order chi connectivity index (χ0) is 15.1. The first-order valence-electron chi connectivity index (χ1n) is 6.80. The summed E-state index contributed by atoms with van der Waals surface area (Å²) >= 11 is 4.89. The second-order valence-corrected chi connectivity index (χ2v) is 6.98. The van der Waals surface area contributed by atoms with Crippen molar-refractivity contribution in [2.75, 3.05) is 5.32 Å².